The minimum atomic E-state index is -3.53. The van der Waals surface area contributed by atoms with Crippen LogP contribution >= 0.6 is 27.3 Å². The summed E-state index contributed by atoms with van der Waals surface area (Å²) >= 11 is 4.86. The van der Waals surface area contributed by atoms with Crippen molar-refractivity contribution in [2.45, 2.75) is 37.9 Å². The Balaban J connectivity index is 2.19. The second-order valence-corrected chi connectivity index (χ2v) is 8.61. The van der Waals surface area contributed by atoms with Crippen LogP contribution in [0.2, 0.25) is 0 Å². The highest BCUT2D eigenvalue weighted by Crippen LogP contribution is 2.21. The summed E-state index contributed by atoms with van der Waals surface area (Å²) in [6.07, 6.45) is 1.64. The Morgan fingerprint density at radius 1 is 1.43 bits per heavy atom. The third-order valence-corrected chi connectivity index (χ3v) is 6.11. The van der Waals surface area contributed by atoms with Crippen molar-refractivity contribution in [1.29, 1.82) is 0 Å². The molecule has 0 aliphatic carbocycles. The second-order valence-electron chi connectivity index (χ2n) is 4.93. The zero-order valence-corrected chi connectivity index (χ0v) is 15.1. The van der Waals surface area contributed by atoms with E-state index in [9.17, 15) is 8.42 Å². The Kier molecular flexibility index (Phi) is 5.26. The van der Waals surface area contributed by atoms with Gasteiger partial charge >= 0.3 is 0 Å². The Labute approximate surface area is 137 Å². The first kappa shape index (κ1) is 16.7. The largest absolute Gasteiger partial charge is 0.346 e. The topological polar surface area (TPSA) is 77.1 Å². The first-order chi connectivity index (χ1) is 9.83. The van der Waals surface area contributed by atoms with Gasteiger partial charge in [0, 0.05) is 45.8 Å². The van der Waals surface area contributed by atoms with E-state index >= 15 is 0 Å². The lowest BCUT2D eigenvalue weighted by molar-refractivity contribution is 0.569. The van der Waals surface area contributed by atoms with Gasteiger partial charge in [0.05, 0.1) is 4.90 Å². The maximum atomic E-state index is 12.3. The van der Waals surface area contributed by atoms with Crippen LogP contribution in [0.5, 0.6) is 0 Å². The van der Waals surface area contributed by atoms with Crippen molar-refractivity contribution in [3.63, 3.8) is 0 Å². The molecule has 0 aliphatic rings. The number of nitrogens with zero attached hydrogens (tertiary/aromatic N) is 1. The number of hydrogen-bond acceptors (Lipinski definition) is 4. The van der Waals surface area contributed by atoms with Gasteiger partial charge in [-0.05, 0) is 41.9 Å². The summed E-state index contributed by atoms with van der Waals surface area (Å²) in [5, 5.41) is 1.92. The highest BCUT2D eigenvalue weighted by atomic mass is 79.9. The summed E-state index contributed by atoms with van der Waals surface area (Å²) in [7, 11) is -3.53. The van der Waals surface area contributed by atoms with Crippen LogP contribution < -0.4 is 10.5 Å². The van der Waals surface area contributed by atoms with E-state index < -0.39 is 10.0 Å². The number of halogens is 1. The SMILES string of the molecule is CC(C)n1cc(S(=O)(=O)NCc2cc(Br)cs2)cc1CN. The molecule has 2 aromatic rings. The molecule has 0 aromatic carbocycles. The summed E-state index contributed by atoms with van der Waals surface area (Å²) in [5.74, 6) is 0. The first-order valence-electron chi connectivity index (χ1n) is 6.47. The van der Waals surface area contributed by atoms with E-state index in [1.54, 1.807) is 12.3 Å². The summed E-state index contributed by atoms with van der Waals surface area (Å²) in [6, 6.07) is 3.70. The zero-order chi connectivity index (χ0) is 15.6. The van der Waals surface area contributed by atoms with Crippen LogP contribution in [0, 0.1) is 0 Å². The molecule has 0 fully saturated rings. The van der Waals surface area contributed by atoms with Crippen LogP contribution in [0.15, 0.2) is 33.1 Å². The maximum Gasteiger partial charge on any atom is 0.242 e. The lowest BCUT2D eigenvalue weighted by atomic mass is 10.3. The average molecular weight is 392 g/mol. The Morgan fingerprint density at radius 3 is 2.62 bits per heavy atom. The normalized spacial score (nSPS) is 12.2. The minimum Gasteiger partial charge on any atom is -0.346 e. The molecular weight excluding hydrogens is 374 g/mol. The number of sulfonamides is 1. The van der Waals surface area contributed by atoms with Gasteiger partial charge in [-0.1, -0.05) is 0 Å². The van der Waals surface area contributed by atoms with E-state index in [1.165, 1.54) is 11.3 Å². The quantitative estimate of drug-likeness (QED) is 0.794. The number of nitrogens with two attached hydrogens (primary N) is 1. The highest BCUT2D eigenvalue weighted by Gasteiger charge is 2.19. The van der Waals surface area contributed by atoms with Crippen LogP contribution in [0.25, 0.3) is 0 Å². The van der Waals surface area contributed by atoms with Gasteiger partial charge in [0.2, 0.25) is 10.0 Å². The van der Waals surface area contributed by atoms with E-state index in [2.05, 4.69) is 20.7 Å². The molecule has 0 radical (unpaired) electrons. The molecule has 2 heterocycles. The number of hydrogen-bond donors (Lipinski definition) is 2. The van der Waals surface area contributed by atoms with Crippen LogP contribution in [0.1, 0.15) is 30.5 Å². The molecule has 0 unspecified atom stereocenters. The standard InChI is InChI=1S/C13H18BrN3O2S2/c1-9(2)17-7-13(4-11(17)5-15)21(18,19)16-6-12-3-10(14)8-20-12/h3-4,7-9,16H,5-6,15H2,1-2H3. The molecule has 8 heteroatoms. The molecule has 0 saturated heterocycles. The number of thiophene rings is 1. The van der Waals surface area contributed by atoms with Crippen LogP contribution in [0.3, 0.4) is 0 Å². The fourth-order valence-corrected chi connectivity index (χ4v) is 4.52. The van der Waals surface area contributed by atoms with Crippen molar-refractivity contribution in [1.82, 2.24) is 9.29 Å². The van der Waals surface area contributed by atoms with Crippen molar-refractivity contribution in [2.24, 2.45) is 5.73 Å². The number of aromatic nitrogens is 1. The molecule has 0 saturated carbocycles. The predicted octanol–water partition coefficient (Wildman–Crippen LogP) is 2.83. The molecule has 0 spiro atoms. The van der Waals surface area contributed by atoms with E-state index in [1.807, 2.05) is 29.9 Å². The lowest BCUT2D eigenvalue weighted by Crippen LogP contribution is -2.22. The first-order valence-corrected chi connectivity index (χ1v) is 9.62. The van der Waals surface area contributed by atoms with Gasteiger partial charge in [-0.15, -0.1) is 11.3 Å². The fraction of sp³-hybridized carbons (Fsp3) is 0.385. The van der Waals surface area contributed by atoms with Gasteiger partial charge in [-0.25, -0.2) is 13.1 Å². The molecule has 0 bridgehead atoms. The van der Waals surface area contributed by atoms with Crippen molar-refractivity contribution in [3.8, 4) is 0 Å². The molecule has 2 aromatic heterocycles. The maximum absolute atomic E-state index is 12.3. The van der Waals surface area contributed by atoms with Crippen molar-refractivity contribution in [2.75, 3.05) is 0 Å². The molecule has 0 atom stereocenters. The van der Waals surface area contributed by atoms with Crippen molar-refractivity contribution < 1.29 is 8.42 Å². The third kappa shape index (κ3) is 3.95. The Bertz CT molecular complexity index is 720. The monoisotopic (exact) mass is 391 g/mol. The predicted molar refractivity (Wildman–Crippen MR) is 88.8 cm³/mol. The van der Waals surface area contributed by atoms with Crippen LogP contribution in [-0.4, -0.2) is 13.0 Å². The van der Waals surface area contributed by atoms with Crippen LogP contribution in [-0.2, 0) is 23.1 Å². The molecular formula is C13H18BrN3O2S2. The molecule has 0 amide bonds. The smallest absolute Gasteiger partial charge is 0.242 e. The molecule has 2 rings (SSSR count). The van der Waals surface area contributed by atoms with Crippen molar-refractivity contribution in [3.05, 3.63) is 38.8 Å². The number of nitrogens with one attached hydrogen (secondary N) is 1. The molecule has 3 N–H and O–H groups in total. The molecule has 0 aliphatic heterocycles. The molecule has 21 heavy (non-hydrogen) atoms. The molecule has 5 nitrogen and oxygen atoms in total. The summed E-state index contributed by atoms with van der Waals surface area (Å²) in [6.45, 7) is 4.58. The third-order valence-electron chi connectivity index (χ3n) is 3.04. The highest BCUT2D eigenvalue weighted by molar-refractivity contribution is 9.10. The number of rotatable bonds is 6. The van der Waals surface area contributed by atoms with Gasteiger partial charge in [-0.3, -0.25) is 0 Å². The van der Waals surface area contributed by atoms with Crippen LogP contribution in [0.4, 0.5) is 0 Å². The van der Waals surface area contributed by atoms with Gasteiger partial charge in [0.15, 0.2) is 0 Å². The summed E-state index contributed by atoms with van der Waals surface area (Å²) in [5.41, 5.74) is 6.48. The van der Waals surface area contributed by atoms with E-state index in [0.717, 1.165) is 15.0 Å². The summed E-state index contributed by atoms with van der Waals surface area (Å²) in [4.78, 5) is 1.21. The second kappa shape index (κ2) is 6.62. The lowest BCUT2D eigenvalue weighted by Gasteiger charge is -2.10. The van der Waals surface area contributed by atoms with Gasteiger partial charge in [-0.2, -0.15) is 0 Å². The van der Waals surface area contributed by atoms with E-state index in [0.29, 0.717) is 6.54 Å². The zero-order valence-electron chi connectivity index (χ0n) is 11.8. The van der Waals surface area contributed by atoms with E-state index in [4.69, 9.17) is 5.73 Å². The summed E-state index contributed by atoms with van der Waals surface area (Å²) < 4.78 is 30.1. The van der Waals surface area contributed by atoms with Gasteiger partial charge < -0.3 is 10.3 Å². The average Bonchev–Trinajstić information content (AvgIpc) is 3.02. The van der Waals surface area contributed by atoms with Crippen molar-refractivity contribution >= 4 is 37.3 Å². The Hall–Kier alpha value is -0.670. The minimum absolute atomic E-state index is 0.167. The van der Waals surface area contributed by atoms with Gasteiger partial charge in [0.1, 0.15) is 0 Å². The van der Waals surface area contributed by atoms with Gasteiger partial charge in [0.25, 0.3) is 0 Å². The van der Waals surface area contributed by atoms with E-state index in [-0.39, 0.29) is 17.5 Å². The Morgan fingerprint density at radius 2 is 2.14 bits per heavy atom. The fourth-order valence-electron chi connectivity index (χ4n) is 1.98. The molecule has 116 valence electrons.